The minimum absolute atomic E-state index is 0.717. The number of rotatable bonds is 3. The number of nitrogens with zero attached hydrogens (tertiary/aromatic N) is 1. The van der Waals surface area contributed by atoms with E-state index in [-0.39, 0.29) is 0 Å². The van der Waals surface area contributed by atoms with Crippen molar-refractivity contribution in [3.63, 3.8) is 0 Å². The van der Waals surface area contributed by atoms with Crippen LogP contribution in [0.4, 0.5) is 0 Å². The average molecular weight is 185 g/mol. The Hall–Kier alpha value is -1.83. The monoisotopic (exact) mass is 185 g/mol. The van der Waals surface area contributed by atoms with Crippen molar-refractivity contribution in [3.8, 4) is 0 Å². The molecule has 2 heteroatoms. The Morgan fingerprint density at radius 2 is 1.86 bits per heavy atom. The number of benzene rings is 1. The first-order chi connectivity index (χ1) is 6.90. The Kier molecular flexibility index (Phi) is 2.45. The van der Waals surface area contributed by atoms with Crippen LogP contribution in [0, 0.1) is 0 Å². The third-order valence-corrected chi connectivity index (χ3v) is 2.18. The molecule has 0 aliphatic heterocycles. The predicted molar refractivity (Wildman–Crippen MR) is 55.4 cm³/mol. The summed E-state index contributed by atoms with van der Waals surface area (Å²) in [7, 11) is 0. The van der Waals surface area contributed by atoms with Crippen molar-refractivity contribution in [2.24, 2.45) is 0 Å². The summed E-state index contributed by atoms with van der Waals surface area (Å²) in [6.45, 7) is 0.752. The molecule has 0 aliphatic carbocycles. The summed E-state index contributed by atoms with van der Waals surface area (Å²) in [6, 6.07) is 13.8. The lowest BCUT2D eigenvalue weighted by molar-refractivity contribution is 0.111. The van der Waals surface area contributed by atoms with E-state index in [2.05, 4.69) is 12.1 Å². The smallest absolute Gasteiger partial charge is 0.166 e. The molecule has 0 amide bonds. The van der Waals surface area contributed by atoms with Crippen LogP contribution in [0.1, 0.15) is 16.1 Å². The summed E-state index contributed by atoms with van der Waals surface area (Å²) >= 11 is 0. The summed E-state index contributed by atoms with van der Waals surface area (Å²) in [4.78, 5) is 10.7. The zero-order valence-corrected chi connectivity index (χ0v) is 7.76. The van der Waals surface area contributed by atoms with Crippen LogP contribution in [-0.4, -0.2) is 10.9 Å². The molecule has 14 heavy (non-hydrogen) atoms. The van der Waals surface area contributed by atoms with Gasteiger partial charge in [0.05, 0.1) is 5.69 Å². The summed E-state index contributed by atoms with van der Waals surface area (Å²) in [6.07, 6.45) is 2.79. The molecule has 0 spiro atoms. The fourth-order valence-electron chi connectivity index (χ4n) is 1.46. The lowest BCUT2D eigenvalue weighted by atomic mass is 10.2. The minimum atomic E-state index is 0.717. The first kappa shape index (κ1) is 8.75. The SMILES string of the molecule is O=Cc1cccn1Cc1ccccc1. The van der Waals surface area contributed by atoms with E-state index in [1.807, 2.05) is 41.1 Å². The van der Waals surface area contributed by atoms with Gasteiger partial charge in [-0.05, 0) is 17.7 Å². The predicted octanol–water partition coefficient (Wildman–Crippen LogP) is 2.35. The number of aldehydes is 1. The fraction of sp³-hybridized carbons (Fsp3) is 0.0833. The maximum Gasteiger partial charge on any atom is 0.166 e. The van der Waals surface area contributed by atoms with E-state index in [0.29, 0.717) is 5.69 Å². The molecule has 0 radical (unpaired) electrons. The Labute approximate surface area is 82.8 Å². The summed E-state index contributed by atoms with van der Waals surface area (Å²) in [5.41, 5.74) is 1.92. The van der Waals surface area contributed by atoms with E-state index in [4.69, 9.17) is 0 Å². The molecule has 0 unspecified atom stereocenters. The van der Waals surface area contributed by atoms with Crippen LogP contribution in [0.5, 0.6) is 0 Å². The molecule has 0 saturated carbocycles. The van der Waals surface area contributed by atoms with Gasteiger partial charge in [-0.2, -0.15) is 0 Å². The first-order valence-corrected chi connectivity index (χ1v) is 4.54. The van der Waals surface area contributed by atoms with Gasteiger partial charge in [-0.15, -0.1) is 0 Å². The molecule has 2 nitrogen and oxygen atoms in total. The van der Waals surface area contributed by atoms with Gasteiger partial charge in [0.25, 0.3) is 0 Å². The zero-order chi connectivity index (χ0) is 9.80. The Balaban J connectivity index is 2.23. The topological polar surface area (TPSA) is 22.0 Å². The van der Waals surface area contributed by atoms with E-state index >= 15 is 0 Å². The highest BCUT2D eigenvalue weighted by atomic mass is 16.1. The highest BCUT2D eigenvalue weighted by Crippen LogP contribution is 2.05. The van der Waals surface area contributed by atoms with Gasteiger partial charge in [-0.1, -0.05) is 30.3 Å². The second kappa shape index (κ2) is 3.92. The molecule has 1 aromatic carbocycles. The molecule has 0 aliphatic rings. The second-order valence-electron chi connectivity index (χ2n) is 3.16. The fourth-order valence-corrected chi connectivity index (χ4v) is 1.46. The van der Waals surface area contributed by atoms with Gasteiger partial charge >= 0.3 is 0 Å². The maximum absolute atomic E-state index is 10.7. The van der Waals surface area contributed by atoms with E-state index in [9.17, 15) is 4.79 Å². The van der Waals surface area contributed by atoms with E-state index in [1.54, 1.807) is 0 Å². The van der Waals surface area contributed by atoms with Crippen molar-refractivity contribution in [1.29, 1.82) is 0 Å². The van der Waals surface area contributed by atoms with E-state index < -0.39 is 0 Å². The molecular weight excluding hydrogens is 174 g/mol. The molecule has 2 rings (SSSR count). The standard InChI is InChI=1S/C12H11NO/c14-10-12-7-4-8-13(12)9-11-5-2-1-3-6-11/h1-8,10H,9H2. The highest BCUT2D eigenvalue weighted by Gasteiger charge is 1.98. The van der Waals surface area contributed by atoms with Gasteiger partial charge in [0, 0.05) is 12.7 Å². The summed E-state index contributed by atoms with van der Waals surface area (Å²) < 4.78 is 1.93. The van der Waals surface area contributed by atoms with Crippen LogP contribution in [0.15, 0.2) is 48.7 Å². The average Bonchev–Trinajstić information content (AvgIpc) is 2.67. The normalized spacial score (nSPS) is 10.0. The van der Waals surface area contributed by atoms with Crippen molar-refractivity contribution in [1.82, 2.24) is 4.57 Å². The van der Waals surface area contributed by atoms with Gasteiger partial charge < -0.3 is 4.57 Å². The number of carbonyl (C=O) groups excluding carboxylic acids is 1. The summed E-state index contributed by atoms with van der Waals surface area (Å²) in [5.74, 6) is 0. The van der Waals surface area contributed by atoms with Gasteiger partial charge in [-0.3, -0.25) is 4.79 Å². The van der Waals surface area contributed by atoms with Crippen molar-refractivity contribution in [2.45, 2.75) is 6.54 Å². The van der Waals surface area contributed by atoms with Crippen molar-refractivity contribution < 1.29 is 4.79 Å². The molecule has 0 atom stereocenters. The van der Waals surface area contributed by atoms with Gasteiger partial charge in [0.15, 0.2) is 6.29 Å². The Morgan fingerprint density at radius 3 is 2.57 bits per heavy atom. The van der Waals surface area contributed by atoms with Crippen LogP contribution in [0.3, 0.4) is 0 Å². The molecule has 70 valence electrons. The number of hydrogen-bond acceptors (Lipinski definition) is 1. The molecule has 1 aromatic heterocycles. The molecule has 0 N–H and O–H groups in total. The third-order valence-electron chi connectivity index (χ3n) is 2.18. The number of aromatic nitrogens is 1. The lowest BCUT2D eigenvalue weighted by Gasteiger charge is -2.04. The number of hydrogen-bond donors (Lipinski definition) is 0. The van der Waals surface area contributed by atoms with E-state index in [1.165, 1.54) is 5.56 Å². The van der Waals surface area contributed by atoms with Crippen LogP contribution in [0.25, 0.3) is 0 Å². The molecule has 0 saturated heterocycles. The second-order valence-corrected chi connectivity index (χ2v) is 3.16. The van der Waals surface area contributed by atoms with Crippen LogP contribution >= 0.6 is 0 Å². The molecular formula is C12H11NO. The third kappa shape index (κ3) is 1.74. The van der Waals surface area contributed by atoms with Crippen LogP contribution in [-0.2, 0) is 6.54 Å². The summed E-state index contributed by atoms with van der Waals surface area (Å²) in [5, 5.41) is 0. The quantitative estimate of drug-likeness (QED) is 0.673. The van der Waals surface area contributed by atoms with Crippen molar-refractivity contribution in [3.05, 3.63) is 59.9 Å². The van der Waals surface area contributed by atoms with Crippen LogP contribution < -0.4 is 0 Å². The number of carbonyl (C=O) groups is 1. The van der Waals surface area contributed by atoms with E-state index in [0.717, 1.165) is 12.8 Å². The highest BCUT2D eigenvalue weighted by molar-refractivity contribution is 5.72. The maximum atomic E-state index is 10.7. The zero-order valence-electron chi connectivity index (χ0n) is 7.76. The Morgan fingerprint density at radius 1 is 1.07 bits per heavy atom. The largest absolute Gasteiger partial charge is 0.341 e. The molecule has 1 heterocycles. The van der Waals surface area contributed by atoms with Crippen LogP contribution in [0.2, 0.25) is 0 Å². The first-order valence-electron chi connectivity index (χ1n) is 4.54. The Bertz CT molecular complexity index is 417. The van der Waals surface area contributed by atoms with Gasteiger partial charge in [0.1, 0.15) is 0 Å². The lowest BCUT2D eigenvalue weighted by Crippen LogP contribution is -2.01. The van der Waals surface area contributed by atoms with Gasteiger partial charge in [-0.25, -0.2) is 0 Å². The van der Waals surface area contributed by atoms with Crippen molar-refractivity contribution >= 4 is 6.29 Å². The molecule has 0 fully saturated rings. The van der Waals surface area contributed by atoms with Gasteiger partial charge in [0.2, 0.25) is 0 Å². The molecule has 0 bridgehead atoms. The minimum Gasteiger partial charge on any atom is -0.341 e. The van der Waals surface area contributed by atoms with Crippen molar-refractivity contribution in [2.75, 3.05) is 0 Å². The molecule has 2 aromatic rings.